The summed E-state index contributed by atoms with van der Waals surface area (Å²) < 4.78 is 4.70. The number of methoxy groups -OCH3 is 1. The molecule has 1 aliphatic heterocycles. The Morgan fingerprint density at radius 1 is 1.26 bits per heavy atom. The van der Waals surface area contributed by atoms with Crippen LogP contribution >= 0.6 is 23.2 Å². The Bertz CT molecular complexity index is 758. The van der Waals surface area contributed by atoms with Crippen LogP contribution in [-0.2, 0) is 14.3 Å². The van der Waals surface area contributed by atoms with Gasteiger partial charge in [0.15, 0.2) is 0 Å². The molecule has 0 unspecified atom stereocenters. The van der Waals surface area contributed by atoms with Crippen LogP contribution in [0.25, 0.3) is 0 Å². The van der Waals surface area contributed by atoms with Gasteiger partial charge in [-0.2, -0.15) is 0 Å². The number of amides is 3. The van der Waals surface area contributed by atoms with Crippen molar-refractivity contribution in [2.75, 3.05) is 12.4 Å². The van der Waals surface area contributed by atoms with Gasteiger partial charge in [0, 0.05) is 11.7 Å². The predicted octanol–water partition coefficient (Wildman–Crippen LogP) is 3.20. The molecule has 1 heterocycles. The van der Waals surface area contributed by atoms with Gasteiger partial charge in [-0.1, -0.05) is 36.0 Å². The van der Waals surface area contributed by atoms with E-state index < -0.39 is 18.0 Å². The zero-order valence-electron chi connectivity index (χ0n) is 14.8. The van der Waals surface area contributed by atoms with E-state index in [4.69, 9.17) is 27.9 Å². The third-order valence-electron chi connectivity index (χ3n) is 5.05. The Hall–Kier alpha value is -1.99. The maximum absolute atomic E-state index is 13.1. The average molecular weight is 414 g/mol. The van der Waals surface area contributed by atoms with Crippen LogP contribution in [0.5, 0.6) is 0 Å². The largest absolute Gasteiger partial charge is 0.469 e. The van der Waals surface area contributed by atoms with Crippen LogP contribution in [0.4, 0.5) is 10.5 Å². The predicted molar refractivity (Wildman–Crippen MR) is 102 cm³/mol. The molecule has 3 amide bonds. The third kappa shape index (κ3) is 4.30. The molecule has 1 aromatic rings. The molecule has 0 bridgehead atoms. The van der Waals surface area contributed by atoms with Gasteiger partial charge in [0.2, 0.25) is 5.91 Å². The van der Waals surface area contributed by atoms with E-state index in [2.05, 4.69) is 10.6 Å². The second-order valence-electron chi connectivity index (χ2n) is 6.73. The number of ether oxygens (including phenoxy) is 1. The Labute approximate surface area is 167 Å². The lowest BCUT2D eigenvalue weighted by molar-refractivity contribution is -0.146. The number of hydrogen-bond acceptors (Lipinski definition) is 4. The highest BCUT2D eigenvalue weighted by Crippen LogP contribution is 2.31. The number of nitrogens with zero attached hydrogens (tertiary/aromatic N) is 1. The maximum atomic E-state index is 13.1. The molecular formula is C18H21Cl2N3O4. The number of carbonyl (C=O) groups is 3. The van der Waals surface area contributed by atoms with Crippen LogP contribution in [0.3, 0.4) is 0 Å². The fourth-order valence-corrected chi connectivity index (χ4v) is 4.03. The van der Waals surface area contributed by atoms with Crippen molar-refractivity contribution >= 4 is 46.8 Å². The number of fused-ring (bicyclic) bond motifs is 1. The molecule has 2 N–H and O–H groups in total. The minimum absolute atomic E-state index is 0.111. The number of anilines is 1. The molecule has 2 aliphatic rings. The van der Waals surface area contributed by atoms with Crippen molar-refractivity contribution in [3.8, 4) is 0 Å². The van der Waals surface area contributed by atoms with Gasteiger partial charge >= 0.3 is 12.0 Å². The zero-order valence-corrected chi connectivity index (χ0v) is 16.3. The number of benzene rings is 1. The first-order valence-corrected chi connectivity index (χ1v) is 9.58. The molecule has 1 saturated carbocycles. The molecule has 1 saturated heterocycles. The maximum Gasteiger partial charge on any atom is 0.322 e. The topological polar surface area (TPSA) is 87.7 Å². The van der Waals surface area contributed by atoms with Gasteiger partial charge in [0.05, 0.1) is 29.6 Å². The lowest BCUT2D eigenvalue weighted by Crippen LogP contribution is -2.68. The van der Waals surface area contributed by atoms with Crippen LogP contribution in [0, 0.1) is 0 Å². The smallest absolute Gasteiger partial charge is 0.322 e. The van der Waals surface area contributed by atoms with Crippen LogP contribution in [-0.4, -0.2) is 48.0 Å². The van der Waals surface area contributed by atoms with Crippen molar-refractivity contribution in [3.05, 3.63) is 28.2 Å². The number of piperazine rings is 1. The lowest BCUT2D eigenvalue weighted by atomic mass is 9.85. The number of esters is 1. The van der Waals surface area contributed by atoms with E-state index in [0.717, 1.165) is 25.7 Å². The molecule has 146 valence electrons. The molecule has 0 spiro atoms. The summed E-state index contributed by atoms with van der Waals surface area (Å²) in [6, 6.07) is 3.10. The minimum atomic E-state index is -0.917. The molecule has 9 heteroatoms. The standard InChI is InChI=1S/C18H21Cl2N3O4/c1-27-16(24)9-15-17(25)22-13-4-2-3-5-14(13)23(15)18(26)21-10-6-7-11(19)12(20)8-10/h6-8,13-15H,2-5,9H2,1H3,(H,21,26)(H,22,25)/t13-,14+,15-/m1/s1. The van der Waals surface area contributed by atoms with Crippen LogP contribution in [0.2, 0.25) is 10.0 Å². The van der Waals surface area contributed by atoms with E-state index in [1.807, 2.05) is 0 Å². The van der Waals surface area contributed by atoms with E-state index in [1.54, 1.807) is 18.2 Å². The number of nitrogens with one attached hydrogen (secondary N) is 2. The average Bonchev–Trinajstić information content (AvgIpc) is 2.65. The Morgan fingerprint density at radius 3 is 2.70 bits per heavy atom. The van der Waals surface area contributed by atoms with Crippen molar-refractivity contribution in [2.45, 2.75) is 50.2 Å². The van der Waals surface area contributed by atoms with Gasteiger partial charge in [0.1, 0.15) is 6.04 Å². The number of hydrogen-bond donors (Lipinski definition) is 2. The van der Waals surface area contributed by atoms with Gasteiger partial charge in [-0.25, -0.2) is 4.79 Å². The first-order valence-electron chi connectivity index (χ1n) is 8.82. The van der Waals surface area contributed by atoms with Gasteiger partial charge in [-0.05, 0) is 31.0 Å². The molecule has 0 radical (unpaired) electrons. The van der Waals surface area contributed by atoms with Crippen molar-refractivity contribution in [2.24, 2.45) is 0 Å². The Morgan fingerprint density at radius 2 is 2.00 bits per heavy atom. The highest BCUT2D eigenvalue weighted by Gasteiger charge is 2.46. The van der Waals surface area contributed by atoms with Gasteiger partial charge < -0.3 is 20.3 Å². The van der Waals surface area contributed by atoms with Crippen molar-refractivity contribution < 1.29 is 19.1 Å². The van der Waals surface area contributed by atoms with E-state index in [1.165, 1.54) is 12.0 Å². The van der Waals surface area contributed by atoms with E-state index in [-0.39, 0.29) is 24.4 Å². The summed E-state index contributed by atoms with van der Waals surface area (Å²) in [5, 5.41) is 6.41. The quantitative estimate of drug-likeness (QED) is 0.744. The fraction of sp³-hybridized carbons (Fsp3) is 0.500. The highest BCUT2D eigenvalue weighted by molar-refractivity contribution is 6.42. The lowest BCUT2D eigenvalue weighted by Gasteiger charge is -2.47. The van der Waals surface area contributed by atoms with E-state index >= 15 is 0 Å². The minimum Gasteiger partial charge on any atom is -0.469 e. The summed E-state index contributed by atoms with van der Waals surface area (Å²) in [4.78, 5) is 38.9. The van der Waals surface area contributed by atoms with Crippen molar-refractivity contribution in [1.29, 1.82) is 0 Å². The fourth-order valence-electron chi connectivity index (χ4n) is 3.74. The molecule has 3 rings (SSSR count). The highest BCUT2D eigenvalue weighted by atomic mass is 35.5. The number of urea groups is 1. The van der Waals surface area contributed by atoms with Gasteiger partial charge in [0.25, 0.3) is 0 Å². The van der Waals surface area contributed by atoms with Gasteiger partial charge in [-0.15, -0.1) is 0 Å². The molecule has 2 fully saturated rings. The molecule has 1 aromatic carbocycles. The molecular weight excluding hydrogens is 393 g/mol. The number of halogens is 2. The first kappa shape index (κ1) is 19.8. The summed E-state index contributed by atoms with van der Waals surface area (Å²) >= 11 is 11.9. The molecule has 3 atom stereocenters. The summed E-state index contributed by atoms with van der Waals surface area (Å²) in [6.45, 7) is 0. The summed E-state index contributed by atoms with van der Waals surface area (Å²) in [5.41, 5.74) is 0.463. The monoisotopic (exact) mass is 413 g/mol. The van der Waals surface area contributed by atoms with E-state index in [9.17, 15) is 14.4 Å². The molecule has 27 heavy (non-hydrogen) atoms. The number of carbonyl (C=O) groups excluding carboxylic acids is 3. The van der Waals surface area contributed by atoms with Crippen LogP contribution < -0.4 is 10.6 Å². The SMILES string of the molecule is COC(=O)C[C@@H]1C(=O)N[C@@H]2CCCC[C@@H]2N1C(=O)Nc1ccc(Cl)c(Cl)c1. The second kappa shape index (κ2) is 8.35. The van der Waals surface area contributed by atoms with Crippen molar-refractivity contribution in [3.63, 3.8) is 0 Å². The third-order valence-corrected chi connectivity index (χ3v) is 5.78. The second-order valence-corrected chi connectivity index (χ2v) is 7.54. The number of rotatable bonds is 3. The summed E-state index contributed by atoms with van der Waals surface area (Å²) in [7, 11) is 1.26. The molecule has 0 aromatic heterocycles. The van der Waals surface area contributed by atoms with Crippen molar-refractivity contribution in [1.82, 2.24) is 10.2 Å². The van der Waals surface area contributed by atoms with Crippen LogP contribution in [0.1, 0.15) is 32.1 Å². The Kier molecular flexibility index (Phi) is 6.11. The summed E-state index contributed by atoms with van der Waals surface area (Å²) in [6.07, 6.45) is 3.32. The van der Waals surface area contributed by atoms with Crippen LogP contribution in [0.15, 0.2) is 18.2 Å². The first-order chi connectivity index (χ1) is 12.9. The normalized spacial score (nSPS) is 24.6. The zero-order chi connectivity index (χ0) is 19.6. The Balaban J connectivity index is 1.86. The van der Waals surface area contributed by atoms with Gasteiger partial charge in [-0.3, -0.25) is 9.59 Å². The van der Waals surface area contributed by atoms with E-state index in [0.29, 0.717) is 15.7 Å². The molecule has 7 nitrogen and oxygen atoms in total. The summed E-state index contributed by atoms with van der Waals surface area (Å²) in [5.74, 6) is -0.885. The molecule has 1 aliphatic carbocycles.